The first kappa shape index (κ1) is 12.2. The Morgan fingerprint density at radius 3 is 2.95 bits per heavy atom. The molecular formula is C13H10N2O5. The number of carbonyl (C=O) groups is 1. The van der Waals surface area contributed by atoms with Crippen molar-refractivity contribution in [1.82, 2.24) is 9.72 Å². The van der Waals surface area contributed by atoms with Crippen LogP contribution in [0.5, 0.6) is 0 Å². The second kappa shape index (κ2) is 4.69. The standard InChI is InChI=1S/C13H10N2O5/c1-18-12(16)8-2-3-11-10(6-8)15(13(17)20-11)7-9-4-5-19-14-9/h2-6H,7H2,1H3. The molecule has 7 heteroatoms. The summed E-state index contributed by atoms with van der Waals surface area (Å²) in [5, 5.41) is 3.74. The van der Waals surface area contributed by atoms with Gasteiger partial charge in [-0.2, -0.15) is 0 Å². The molecule has 0 spiro atoms. The summed E-state index contributed by atoms with van der Waals surface area (Å²) in [6, 6.07) is 6.29. The zero-order valence-corrected chi connectivity index (χ0v) is 10.5. The molecule has 102 valence electrons. The Labute approximate surface area is 112 Å². The van der Waals surface area contributed by atoms with Gasteiger partial charge in [0.2, 0.25) is 0 Å². The van der Waals surface area contributed by atoms with E-state index in [1.54, 1.807) is 18.2 Å². The van der Waals surface area contributed by atoms with Gasteiger partial charge in [-0.1, -0.05) is 5.16 Å². The van der Waals surface area contributed by atoms with Crippen LogP contribution in [0.25, 0.3) is 11.1 Å². The molecule has 0 aliphatic carbocycles. The minimum atomic E-state index is -0.523. The number of fused-ring (bicyclic) bond motifs is 1. The molecule has 2 heterocycles. The zero-order chi connectivity index (χ0) is 14.1. The molecule has 0 atom stereocenters. The predicted octanol–water partition coefficient (Wildman–Crippen LogP) is 1.42. The molecule has 1 aromatic carbocycles. The molecule has 0 bridgehead atoms. The molecule has 0 saturated heterocycles. The topological polar surface area (TPSA) is 87.5 Å². The highest BCUT2D eigenvalue weighted by Crippen LogP contribution is 2.16. The molecule has 0 unspecified atom stereocenters. The number of hydrogen-bond donors (Lipinski definition) is 0. The Morgan fingerprint density at radius 1 is 1.40 bits per heavy atom. The summed E-state index contributed by atoms with van der Waals surface area (Å²) in [6.07, 6.45) is 1.42. The van der Waals surface area contributed by atoms with Crippen LogP contribution in [0, 0.1) is 0 Å². The maximum atomic E-state index is 11.8. The molecule has 2 aromatic heterocycles. The van der Waals surface area contributed by atoms with Crippen LogP contribution < -0.4 is 5.76 Å². The van der Waals surface area contributed by atoms with E-state index in [4.69, 9.17) is 8.94 Å². The fourth-order valence-corrected chi connectivity index (χ4v) is 1.94. The van der Waals surface area contributed by atoms with Crippen LogP contribution in [0.2, 0.25) is 0 Å². The fraction of sp³-hybridized carbons (Fsp3) is 0.154. The van der Waals surface area contributed by atoms with Crippen LogP contribution >= 0.6 is 0 Å². The highest BCUT2D eigenvalue weighted by molar-refractivity contribution is 5.93. The molecule has 0 amide bonds. The highest BCUT2D eigenvalue weighted by atomic mass is 16.5. The van der Waals surface area contributed by atoms with Gasteiger partial charge in [-0.25, -0.2) is 9.59 Å². The fourth-order valence-electron chi connectivity index (χ4n) is 1.94. The predicted molar refractivity (Wildman–Crippen MR) is 67.4 cm³/mol. The normalized spacial score (nSPS) is 10.8. The van der Waals surface area contributed by atoms with Gasteiger partial charge in [0.05, 0.1) is 24.7 Å². The smallest absolute Gasteiger partial charge is 0.420 e. The van der Waals surface area contributed by atoms with Crippen molar-refractivity contribution in [1.29, 1.82) is 0 Å². The maximum absolute atomic E-state index is 11.8. The lowest BCUT2D eigenvalue weighted by molar-refractivity contribution is 0.0601. The van der Waals surface area contributed by atoms with E-state index < -0.39 is 11.7 Å². The number of carbonyl (C=O) groups excluding carboxylic acids is 1. The summed E-state index contributed by atoms with van der Waals surface area (Å²) >= 11 is 0. The van der Waals surface area contributed by atoms with E-state index in [1.807, 2.05) is 0 Å². The van der Waals surface area contributed by atoms with Crippen molar-refractivity contribution >= 4 is 17.1 Å². The van der Waals surface area contributed by atoms with E-state index in [2.05, 4.69) is 9.89 Å². The van der Waals surface area contributed by atoms with Crippen LogP contribution in [0.15, 0.2) is 44.3 Å². The molecule has 0 saturated carbocycles. The summed E-state index contributed by atoms with van der Waals surface area (Å²) in [6.45, 7) is 0.201. The first-order chi connectivity index (χ1) is 9.69. The summed E-state index contributed by atoms with van der Waals surface area (Å²) in [5.41, 5.74) is 1.82. The van der Waals surface area contributed by atoms with E-state index in [1.165, 1.54) is 24.0 Å². The molecular weight excluding hydrogens is 264 g/mol. The van der Waals surface area contributed by atoms with Gasteiger partial charge in [-0.15, -0.1) is 0 Å². The number of rotatable bonds is 3. The number of oxazole rings is 1. The summed E-state index contributed by atoms with van der Waals surface area (Å²) in [7, 11) is 1.30. The minimum Gasteiger partial charge on any atom is -0.465 e. The van der Waals surface area contributed by atoms with E-state index >= 15 is 0 Å². The van der Waals surface area contributed by atoms with E-state index in [-0.39, 0.29) is 6.54 Å². The number of ether oxygens (including phenoxy) is 1. The van der Waals surface area contributed by atoms with Gasteiger partial charge < -0.3 is 13.7 Å². The second-order valence-electron chi connectivity index (χ2n) is 4.12. The average molecular weight is 274 g/mol. The van der Waals surface area contributed by atoms with Gasteiger partial charge >= 0.3 is 11.7 Å². The van der Waals surface area contributed by atoms with Crippen LogP contribution in [-0.4, -0.2) is 22.8 Å². The van der Waals surface area contributed by atoms with Crippen LogP contribution in [0.4, 0.5) is 0 Å². The van der Waals surface area contributed by atoms with Crippen LogP contribution in [0.1, 0.15) is 16.1 Å². The number of benzene rings is 1. The molecule has 7 nitrogen and oxygen atoms in total. The minimum absolute atomic E-state index is 0.201. The summed E-state index contributed by atoms with van der Waals surface area (Å²) in [4.78, 5) is 23.4. The van der Waals surface area contributed by atoms with Crippen molar-refractivity contribution in [3.8, 4) is 0 Å². The Kier molecular flexibility index (Phi) is 2.86. The van der Waals surface area contributed by atoms with Crippen molar-refractivity contribution in [2.24, 2.45) is 0 Å². The average Bonchev–Trinajstić information content (AvgIpc) is 3.07. The highest BCUT2D eigenvalue weighted by Gasteiger charge is 2.14. The Balaban J connectivity index is 2.12. The molecule has 20 heavy (non-hydrogen) atoms. The van der Waals surface area contributed by atoms with Gasteiger partial charge in [-0.05, 0) is 18.2 Å². The van der Waals surface area contributed by atoms with E-state index in [0.717, 1.165) is 0 Å². The SMILES string of the molecule is COC(=O)c1ccc2oc(=O)n(Cc3ccon3)c2c1. The lowest BCUT2D eigenvalue weighted by Gasteiger charge is -2.01. The van der Waals surface area contributed by atoms with Gasteiger partial charge in [0.1, 0.15) is 12.0 Å². The van der Waals surface area contributed by atoms with Crippen molar-refractivity contribution in [2.45, 2.75) is 6.54 Å². The Hall–Kier alpha value is -2.83. The molecule has 0 fully saturated rings. The number of nitrogens with zero attached hydrogens (tertiary/aromatic N) is 2. The zero-order valence-electron chi connectivity index (χ0n) is 10.5. The monoisotopic (exact) mass is 274 g/mol. The van der Waals surface area contributed by atoms with Crippen molar-refractivity contribution < 1.29 is 18.5 Å². The number of esters is 1. The number of hydrogen-bond acceptors (Lipinski definition) is 6. The molecule has 0 N–H and O–H groups in total. The Bertz CT molecular complexity index is 813. The first-order valence-corrected chi connectivity index (χ1v) is 5.80. The molecule has 0 aliphatic rings. The lowest BCUT2D eigenvalue weighted by atomic mass is 10.2. The number of methoxy groups -OCH3 is 1. The van der Waals surface area contributed by atoms with Crippen LogP contribution in [-0.2, 0) is 11.3 Å². The third-order valence-corrected chi connectivity index (χ3v) is 2.90. The largest absolute Gasteiger partial charge is 0.465 e. The first-order valence-electron chi connectivity index (χ1n) is 5.80. The van der Waals surface area contributed by atoms with Gasteiger partial charge in [-0.3, -0.25) is 4.57 Å². The maximum Gasteiger partial charge on any atom is 0.420 e. The van der Waals surface area contributed by atoms with Crippen molar-refractivity contribution in [3.05, 3.63) is 52.3 Å². The van der Waals surface area contributed by atoms with E-state index in [0.29, 0.717) is 22.4 Å². The van der Waals surface area contributed by atoms with Gasteiger partial charge in [0.25, 0.3) is 0 Å². The molecule has 0 aliphatic heterocycles. The van der Waals surface area contributed by atoms with Crippen molar-refractivity contribution in [3.63, 3.8) is 0 Å². The molecule has 3 rings (SSSR count). The molecule has 3 aromatic rings. The van der Waals surface area contributed by atoms with Gasteiger partial charge in [0.15, 0.2) is 5.58 Å². The Morgan fingerprint density at radius 2 is 2.25 bits per heavy atom. The van der Waals surface area contributed by atoms with Gasteiger partial charge in [0, 0.05) is 6.07 Å². The lowest BCUT2D eigenvalue weighted by Crippen LogP contribution is -2.15. The number of aromatic nitrogens is 2. The third-order valence-electron chi connectivity index (χ3n) is 2.90. The summed E-state index contributed by atoms with van der Waals surface area (Å²) in [5.74, 6) is -1.00. The van der Waals surface area contributed by atoms with E-state index in [9.17, 15) is 9.59 Å². The summed E-state index contributed by atoms with van der Waals surface area (Å²) < 4.78 is 15.9. The third kappa shape index (κ3) is 1.99. The second-order valence-corrected chi connectivity index (χ2v) is 4.12. The van der Waals surface area contributed by atoms with Crippen LogP contribution in [0.3, 0.4) is 0 Å². The van der Waals surface area contributed by atoms with Crippen molar-refractivity contribution in [2.75, 3.05) is 7.11 Å². The molecule has 0 radical (unpaired) electrons. The quantitative estimate of drug-likeness (QED) is 0.671.